The molecule has 1 unspecified atom stereocenters. The second-order valence-electron chi connectivity index (χ2n) is 3.49. The Bertz CT molecular complexity index is 554. The molecule has 5 nitrogen and oxygen atoms in total. The molecule has 1 aromatic rings. The van der Waals surface area contributed by atoms with E-state index in [9.17, 15) is 10.1 Å². The lowest BCUT2D eigenvalue weighted by Gasteiger charge is -2.10. The molecule has 1 aliphatic carbocycles. The minimum absolute atomic E-state index is 0.0252. The third kappa shape index (κ3) is 2.04. The average Bonchev–Trinajstić information content (AvgIpc) is 2.38. The summed E-state index contributed by atoms with van der Waals surface area (Å²) in [4.78, 5) is 13.5. The molecular weight excluding hydrogens is 218 g/mol. The minimum atomic E-state index is -0.679. The Labute approximate surface area is 97.5 Å². The number of benzene rings is 1. The van der Waals surface area contributed by atoms with Crippen LogP contribution in [0, 0.1) is 16.2 Å². The quantitative estimate of drug-likeness (QED) is 0.334. The van der Waals surface area contributed by atoms with E-state index in [0.717, 1.165) is 0 Å². The van der Waals surface area contributed by atoms with E-state index in [1.165, 1.54) is 12.2 Å². The lowest BCUT2D eigenvalue weighted by molar-refractivity contribution is -0.428. The Morgan fingerprint density at radius 2 is 2.06 bits per heavy atom. The molecule has 83 valence electrons. The molecule has 0 heterocycles. The highest BCUT2D eigenvalue weighted by molar-refractivity contribution is 5.96. The number of hydrogen-bond acceptors (Lipinski definition) is 2. The first-order chi connectivity index (χ1) is 8.24. The summed E-state index contributed by atoms with van der Waals surface area (Å²) >= 11 is 0. The molecule has 0 aliphatic heterocycles. The number of rotatable bonds is 2. The van der Waals surface area contributed by atoms with Gasteiger partial charge in [-0.2, -0.15) is 4.79 Å². The first kappa shape index (κ1) is 11.0. The van der Waals surface area contributed by atoms with Crippen molar-refractivity contribution in [1.82, 2.24) is 0 Å². The normalized spacial score (nSPS) is 18.5. The van der Waals surface area contributed by atoms with E-state index >= 15 is 0 Å². The molecule has 17 heavy (non-hydrogen) atoms. The van der Waals surface area contributed by atoms with Crippen LogP contribution in [0.25, 0.3) is 5.53 Å². The predicted molar refractivity (Wildman–Crippen MR) is 60.7 cm³/mol. The van der Waals surface area contributed by atoms with Crippen LogP contribution in [0.4, 0.5) is 0 Å². The van der Waals surface area contributed by atoms with Crippen LogP contribution in [0.3, 0.4) is 0 Å². The molecule has 1 radical (unpaired) electrons. The molecule has 0 bridgehead atoms. The molecule has 0 saturated carbocycles. The Balaban J connectivity index is 2.54. The Kier molecular flexibility index (Phi) is 2.94. The summed E-state index contributed by atoms with van der Waals surface area (Å²) < 4.78 is 0. The van der Waals surface area contributed by atoms with Gasteiger partial charge in [-0.15, -0.1) is 0 Å². The molecule has 0 spiro atoms. The maximum Gasteiger partial charge on any atom is 0.318 e. The summed E-state index contributed by atoms with van der Waals surface area (Å²) in [6.45, 7) is 0. The second-order valence-corrected chi connectivity index (χ2v) is 3.49. The molecule has 1 aromatic carbocycles. The Morgan fingerprint density at radius 1 is 1.35 bits per heavy atom. The van der Waals surface area contributed by atoms with Crippen molar-refractivity contribution in [3.8, 4) is 0 Å². The molecule has 0 fully saturated rings. The van der Waals surface area contributed by atoms with Crippen LogP contribution in [0.2, 0.25) is 0 Å². The van der Waals surface area contributed by atoms with Gasteiger partial charge in [0.05, 0.1) is 11.0 Å². The summed E-state index contributed by atoms with van der Waals surface area (Å²) in [5, 5.41) is 11.0. The van der Waals surface area contributed by atoms with Gasteiger partial charge in [0.25, 0.3) is 5.70 Å². The zero-order chi connectivity index (χ0) is 12.3. The van der Waals surface area contributed by atoms with Gasteiger partial charge in [0.2, 0.25) is 0 Å². The lowest BCUT2D eigenvalue weighted by Crippen LogP contribution is -2.21. The smallest absolute Gasteiger partial charge is 0.318 e. The maximum absolute atomic E-state index is 11.0. The van der Waals surface area contributed by atoms with Crippen LogP contribution in [-0.4, -0.2) is 15.4 Å². The molecule has 0 saturated heterocycles. The van der Waals surface area contributed by atoms with Gasteiger partial charge in [0, 0.05) is 6.08 Å². The Morgan fingerprint density at radius 3 is 2.65 bits per heavy atom. The van der Waals surface area contributed by atoms with E-state index in [4.69, 9.17) is 5.53 Å². The maximum atomic E-state index is 11.0. The average molecular weight is 226 g/mol. The van der Waals surface area contributed by atoms with E-state index in [0.29, 0.717) is 5.56 Å². The third-order valence-electron chi connectivity index (χ3n) is 2.51. The van der Waals surface area contributed by atoms with Crippen molar-refractivity contribution >= 4 is 5.71 Å². The van der Waals surface area contributed by atoms with Crippen molar-refractivity contribution in [2.75, 3.05) is 0 Å². The van der Waals surface area contributed by atoms with Gasteiger partial charge < -0.3 is 5.53 Å². The monoisotopic (exact) mass is 226 g/mol. The molecule has 5 heteroatoms. The van der Waals surface area contributed by atoms with Crippen LogP contribution in [0.15, 0.2) is 48.2 Å². The molecule has 1 atom stereocenters. The van der Waals surface area contributed by atoms with Crippen LogP contribution >= 0.6 is 0 Å². The van der Waals surface area contributed by atoms with E-state index in [2.05, 4.69) is 10.9 Å². The fourth-order valence-electron chi connectivity index (χ4n) is 1.76. The van der Waals surface area contributed by atoms with Crippen molar-refractivity contribution in [2.24, 2.45) is 0 Å². The zero-order valence-corrected chi connectivity index (χ0v) is 8.78. The number of hydrogen-bond donors (Lipinski definition) is 0. The van der Waals surface area contributed by atoms with Crippen LogP contribution < -0.4 is 0 Å². The largest absolute Gasteiger partial charge is 0.361 e. The van der Waals surface area contributed by atoms with Gasteiger partial charge in [0.1, 0.15) is 0 Å². The van der Waals surface area contributed by atoms with Gasteiger partial charge in [0.15, 0.2) is 5.92 Å². The van der Waals surface area contributed by atoms with Crippen LogP contribution in [0.1, 0.15) is 11.5 Å². The van der Waals surface area contributed by atoms with Crippen molar-refractivity contribution in [3.63, 3.8) is 0 Å². The molecule has 2 rings (SSSR count). The van der Waals surface area contributed by atoms with Crippen LogP contribution in [0.5, 0.6) is 0 Å². The van der Waals surface area contributed by atoms with Gasteiger partial charge in [-0.1, -0.05) is 30.3 Å². The Hall–Kier alpha value is -2.52. The highest BCUT2D eigenvalue weighted by Gasteiger charge is 2.37. The molecule has 0 amide bonds. The van der Waals surface area contributed by atoms with Gasteiger partial charge in [-0.05, 0) is 11.6 Å². The summed E-state index contributed by atoms with van der Waals surface area (Å²) in [6.07, 6.45) is 5.45. The fraction of sp³-hybridized carbons (Fsp3) is 0.0833. The summed E-state index contributed by atoms with van der Waals surface area (Å²) in [5.74, 6) is -0.679. The summed E-state index contributed by atoms with van der Waals surface area (Å²) in [5.41, 5.74) is 9.69. The standard InChI is InChI=1S/C12H8N3O2/c13-14-10-7-4-8-11(15(16)17)12(10)9-5-2-1-3-6-9/h1-6,8,12H. The fourth-order valence-corrected chi connectivity index (χ4v) is 1.76. The molecular formula is C12H8N3O2. The van der Waals surface area contributed by atoms with Crippen molar-refractivity contribution in [3.05, 3.63) is 75.5 Å². The third-order valence-corrected chi connectivity index (χ3v) is 2.51. The number of nitro groups is 1. The van der Waals surface area contributed by atoms with E-state index in [-0.39, 0.29) is 11.4 Å². The van der Waals surface area contributed by atoms with Gasteiger partial charge in [-0.3, -0.25) is 10.1 Å². The minimum Gasteiger partial charge on any atom is -0.361 e. The second kappa shape index (κ2) is 4.55. The molecule has 0 N–H and O–H groups in total. The first-order valence-electron chi connectivity index (χ1n) is 4.95. The first-order valence-corrected chi connectivity index (χ1v) is 4.95. The zero-order valence-electron chi connectivity index (χ0n) is 8.78. The molecule has 1 aliphatic rings. The topological polar surface area (TPSA) is 79.5 Å². The lowest BCUT2D eigenvalue weighted by atomic mass is 9.88. The summed E-state index contributed by atoms with van der Waals surface area (Å²) in [7, 11) is 0. The van der Waals surface area contributed by atoms with Crippen molar-refractivity contribution in [1.29, 1.82) is 0 Å². The van der Waals surface area contributed by atoms with Crippen LogP contribution in [-0.2, 0) is 0 Å². The number of allylic oxidation sites excluding steroid dienone is 4. The SMILES string of the molecule is [N-]=[N+]=C1[C]=CC=C([N+](=O)[O-])C1c1ccccc1. The number of nitrogens with zero attached hydrogens (tertiary/aromatic N) is 3. The van der Waals surface area contributed by atoms with E-state index in [1.807, 2.05) is 6.07 Å². The van der Waals surface area contributed by atoms with E-state index < -0.39 is 10.8 Å². The molecule has 0 aromatic heterocycles. The highest BCUT2D eigenvalue weighted by Crippen LogP contribution is 2.28. The predicted octanol–water partition coefficient (Wildman–Crippen LogP) is 1.97. The highest BCUT2D eigenvalue weighted by atomic mass is 16.6. The van der Waals surface area contributed by atoms with Crippen molar-refractivity contribution in [2.45, 2.75) is 5.92 Å². The summed E-state index contributed by atoms with van der Waals surface area (Å²) in [6, 6.07) is 8.87. The van der Waals surface area contributed by atoms with Gasteiger partial charge in [-0.25, -0.2) is 0 Å². The van der Waals surface area contributed by atoms with Crippen molar-refractivity contribution < 1.29 is 9.71 Å². The van der Waals surface area contributed by atoms with E-state index in [1.54, 1.807) is 24.3 Å². The van der Waals surface area contributed by atoms with Gasteiger partial charge >= 0.3 is 5.71 Å².